The van der Waals surface area contributed by atoms with E-state index in [4.69, 9.17) is 14.2 Å². The number of Topliss-reactive ketones (excluding diaryl/α,β-unsaturated/α-hetero) is 1. The van der Waals surface area contributed by atoms with E-state index < -0.39 is 94.1 Å². The van der Waals surface area contributed by atoms with Gasteiger partial charge in [0.15, 0.2) is 17.0 Å². The molecular weight excluding hydrogens is 568 g/mol. The molecule has 0 spiro atoms. The minimum atomic E-state index is -2.47. The number of ether oxygens (including phenoxy) is 3. The Kier molecular flexibility index (Phi) is 8.71. The average Bonchev–Trinajstić information content (AvgIpc) is 3.81. The fourth-order valence-corrected chi connectivity index (χ4v) is 9.50. The van der Waals surface area contributed by atoms with E-state index in [1.54, 1.807) is 6.92 Å². The predicted molar refractivity (Wildman–Crippen MR) is 159 cm³/mol. The summed E-state index contributed by atoms with van der Waals surface area (Å²) < 4.78 is 18.6. The van der Waals surface area contributed by atoms with Crippen molar-refractivity contribution < 1.29 is 49.0 Å². The standard InChI is InChI=1S/C34H52O10/c1-7-9-11-13-15-22(36)42-27-20(4)32(40)21-17-19(3)26(38)33(21,41)29(39)31(18-35)28(44-31)24(32)25-30(5,6)34(25,27)43-23(37)16-14-12-10-8-2/h17,20-21,24-25,27-29,35,39-41H,7-16,18H2,1-6H3/t20-,21+,24-,25+,27?,28?,29?,31?,32?,33?,34?/m1/s1. The largest absolute Gasteiger partial charge is 0.458 e. The SMILES string of the molecule is CCCCCCC(=O)OC1[C@@H](C)C2(O)[C@@H]3C=C(C)C(=O)C3(O)C(O)C3(CO)OC3[C@H]2[C@H]2C(C)(C)C12OC(=O)CCCCCC. The second kappa shape index (κ2) is 11.4. The molecule has 10 heteroatoms. The molecule has 0 amide bonds. The molecule has 1 saturated heterocycles. The van der Waals surface area contributed by atoms with Crippen molar-refractivity contribution in [2.75, 3.05) is 6.61 Å². The van der Waals surface area contributed by atoms with Crippen molar-refractivity contribution in [2.24, 2.45) is 29.1 Å². The quantitative estimate of drug-likeness (QED) is 0.137. The summed E-state index contributed by atoms with van der Waals surface area (Å²) in [5.74, 6) is -5.33. The Labute approximate surface area is 260 Å². The lowest BCUT2D eigenvalue weighted by atomic mass is 9.58. The summed E-state index contributed by atoms with van der Waals surface area (Å²) in [6.45, 7) is 10.5. The number of carbonyl (C=O) groups excluding carboxylic acids is 3. The molecule has 248 valence electrons. The van der Waals surface area contributed by atoms with Crippen molar-refractivity contribution in [3.05, 3.63) is 11.6 Å². The summed E-state index contributed by atoms with van der Waals surface area (Å²) in [4.78, 5) is 40.3. The third-order valence-corrected chi connectivity index (χ3v) is 12.0. The van der Waals surface area contributed by atoms with E-state index in [-0.39, 0.29) is 18.4 Å². The van der Waals surface area contributed by atoms with Crippen LogP contribution in [0.4, 0.5) is 0 Å². The summed E-state index contributed by atoms with van der Waals surface area (Å²) >= 11 is 0. The molecule has 1 aliphatic heterocycles. The number of rotatable bonds is 13. The average molecular weight is 621 g/mol. The van der Waals surface area contributed by atoms with E-state index in [9.17, 15) is 34.8 Å². The topological polar surface area (TPSA) is 163 Å². The van der Waals surface area contributed by atoms with Crippen molar-refractivity contribution in [2.45, 2.75) is 146 Å². The van der Waals surface area contributed by atoms with Crippen LogP contribution in [-0.2, 0) is 28.6 Å². The van der Waals surface area contributed by atoms with E-state index >= 15 is 0 Å². The molecule has 0 aromatic heterocycles. The first-order chi connectivity index (χ1) is 20.7. The number of aliphatic hydroxyl groups excluding tert-OH is 2. The van der Waals surface area contributed by atoms with Crippen LogP contribution in [0, 0.1) is 29.1 Å². The monoisotopic (exact) mass is 620 g/mol. The first-order valence-corrected chi connectivity index (χ1v) is 16.7. The van der Waals surface area contributed by atoms with Crippen LogP contribution in [-0.4, -0.2) is 85.5 Å². The molecule has 10 nitrogen and oxygen atoms in total. The Morgan fingerprint density at radius 3 is 2.14 bits per heavy atom. The maximum atomic E-state index is 13.5. The summed E-state index contributed by atoms with van der Waals surface area (Å²) in [5, 5.41) is 47.1. The molecule has 11 atom stereocenters. The molecule has 7 unspecified atom stereocenters. The predicted octanol–water partition coefficient (Wildman–Crippen LogP) is 3.15. The zero-order valence-corrected chi connectivity index (χ0v) is 27.1. The molecule has 44 heavy (non-hydrogen) atoms. The van der Waals surface area contributed by atoms with Gasteiger partial charge in [-0.05, 0) is 25.3 Å². The summed E-state index contributed by atoms with van der Waals surface area (Å²) in [6.07, 6.45) is 5.07. The maximum absolute atomic E-state index is 13.5. The van der Waals surface area contributed by atoms with E-state index in [1.807, 2.05) is 13.8 Å². The second-order valence-corrected chi connectivity index (χ2v) is 14.7. The number of hydrogen-bond donors (Lipinski definition) is 4. The molecular formula is C34H52O10. The van der Waals surface area contributed by atoms with Crippen molar-refractivity contribution in [1.29, 1.82) is 0 Å². The second-order valence-electron chi connectivity index (χ2n) is 14.7. The highest BCUT2D eigenvalue weighted by molar-refractivity contribution is 6.05. The Balaban J connectivity index is 1.59. The van der Waals surface area contributed by atoms with Gasteiger partial charge in [-0.1, -0.05) is 79.2 Å². The van der Waals surface area contributed by atoms with Crippen molar-refractivity contribution >= 4 is 17.7 Å². The number of carbonyl (C=O) groups is 3. The zero-order chi connectivity index (χ0) is 32.5. The molecule has 5 rings (SSSR count). The molecule has 0 radical (unpaired) electrons. The van der Waals surface area contributed by atoms with Crippen LogP contribution in [0.3, 0.4) is 0 Å². The summed E-state index contributed by atoms with van der Waals surface area (Å²) in [7, 11) is 0. The number of fused-ring (bicyclic) bond motifs is 7. The van der Waals surface area contributed by atoms with Crippen LogP contribution >= 0.6 is 0 Å². The number of unbranched alkanes of at least 4 members (excludes halogenated alkanes) is 6. The van der Waals surface area contributed by atoms with Crippen LogP contribution in [0.5, 0.6) is 0 Å². The lowest BCUT2D eigenvalue weighted by Gasteiger charge is -2.53. The number of hydrogen-bond acceptors (Lipinski definition) is 10. The van der Waals surface area contributed by atoms with E-state index in [1.165, 1.54) is 13.0 Å². The Bertz CT molecular complexity index is 1200. The highest BCUT2D eigenvalue weighted by atomic mass is 16.6. The minimum Gasteiger partial charge on any atom is -0.458 e. The molecule has 0 aromatic rings. The van der Waals surface area contributed by atoms with Crippen LogP contribution in [0.25, 0.3) is 0 Å². The third-order valence-electron chi connectivity index (χ3n) is 12.0. The molecule has 0 bridgehead atoms. The smallest absolute Gasteiger partial charge is 0.306 e. The van der Waals surface area contributed by atoms with E-state index in [2.05, 4.69) is 13.8 Å². The number of epoxide rings is 1. The fraction of sp³-hybridized carbons (Fsp3) is 0.853. The molecule has 3 saturated carbocycles. The normalized spacial score (nSPS) is 44.4. The molecule has 4 fully saturated rings. The lowest BCUT2D eigenvalue weighted by Crippen LogP contribution is -2.69. The molecule has 5 aliphatic rings. The van der Waals surface area contributed by atoms with Gasteiger partial charge in [0.1, 0.15) is 17.8 Å². The highest BCUT2D eigenvalue weighted by Gasteiger charge is 2.93. The van der Waals surface area contributed by atoms with Gasteiger partial charge in [0.25, 0.3) is 0 Å². The van der Waals surface area contributed by atoms with Crippen LogP contribution < -0.4 is 0 Å². The van der Waals surface area contributed by atoms with Gasteiger partial charge in [-0.3, -0.25) is 14.4 Å². The van der Waals surface area contributed by atoms with Crippen molar-refractivity contribution in [1.82, 2.24) is 0 Å². The summed E-state index contributed by atoms with van der Waals surface area (Å²) in [5.41, 5.74) is -8.03. The number of aliphatic hydroxyl groups is 4. The van der Waals surface area contributed by atoms with Crippen molar-refractivity contribution in [3.63, 3.8) is 0 Å². The maximum Gasteiger partial charge on any atom is 0.306 e. The van der Waals surface area contributed by atoms with Crippen molar-refractivity contribution in [3.8, 4) is 0 Å². The Hall–Kier alpha value is -1.85. The molecule has 4 aliphatic carbocycles. The third kappa shape index (κ3) is 4.41. The number of esters is 2. The van der Waals surface area contributed by atoms with E-state index in [0.29, 0.717) is 12.8 Å². The van der Waals surface area contributed by atoms with Gasteiger partial charge in [0.05, 0.1) is 18.3 Å². The van der Waals surface area contributed by atoms with Gasteiger partial charge in [0, 0.05) is 41.9 Å². The van der Waals surface area contributed by atoms with Gasteiger partial charge < -0.3 is 34.6 Å². The fourth-order valence-electron chi connectivity index (χ4n) is 9.50. The molecule has 1 heterocycles. The number of ketones is 1. The first-order valence-electron chi connectivity index (χ1n) is 16.7. The lowest BCUT2D eigenvalue weighted by molar-refractivity contribution is -0.245. The first kappa shape index (κ1) is 33.5. The van der Waals surface area contributed by atoms with Gasteiger partial charge >= 0.3 is 11.9 Å². The van der Waals surface area contributed by atoms with Crippen LogP contribution in [0.1, 0.15) is 106 Å². The van der Waals surface area contributed by atoms with Gasteiger partial charge in [-0.15, -0.1) is 0 Å². The minimum absolute atomic E-state index is 0.167. The van der Waals surface area contributed by atoms with Crippen LogP contribution in [0.2, 0.25) is 0 Å². The summed E-state index contributed by atoms with van der Waals surface area (Å²) in [6, 6.07) is 0. The Morgan fingerprint density at radius 2 is 1.57 bits per heavy atom. The molecule has 0 aromatic carbocycles. The zero-order valence-electron chi connectivity index (χ0n) is 27.1. The van der Waals surface area contributed by atoms with Gasteiger partial charge in [0.2, 0.25) is 0 Å². The van der Waals surface area contributed by atoms with Crippen LogP contribution in [0.15, 0.2) is 11.6 Å². The Morgan fingerprint density at radius 1 is 0.977 bits per heavy atom. The molecule has 4 N–H and O–H groups in total. The van der Waals surface area contributed by atoms with E-state index in [0.717, 1.165) is 38.5 Å². The van der Waals surface area contributed by atoms with Gasteiger partial charge in [-0.2, -0.15) is 0 Å². The highest BCUT2D eigenvalue weighted by Crippen LogP contribution is 2.79. The van der Waals surface area contributed by atoms with Gasteiger partial charge in [-0.25, -0.2) is 0 Å².